The molecule has 0 bridgehead atoms. The van der Waals surface area contributed by atoms with E-state index in [0.29, 0.717) is 18.9 Å². The molecule has 33 heavy (non-hydrogen) atoms. The molecule has 0 aromatic heterocycles. The predicted molar refractivity (Wildman–Crippen MR) is 125 cm³/mol. The molecule has 1 atom stereocenters. The fraction of sp³-hybridized carbons (Fsp3) is 0.826. The van der Waals surface area contributed by atoms with Crippen molar-refractivity contribution in [1.29, 1.82) is 0 Å². The summed E-state index contributed by atoms with van der Waals surface area (Å²) in [6, 6.07) is 0. The Morgan fingerprint density at radius 1 is 1.12 bits per heavy atom. The summed E-state index contributed by atoms with van der Waals surface area (Å²) in [7, 11) is -4.55. The van der Waals surface area contributed by atoms with Gasteiger partial charge in [-0.05, 0) is 12.8 Å². The van der Waals surface area contributed by atoms with E-state index in [1.165, 1.54) is 51.4 Å². The van der Waals surface area contributed by atoms with E-state index in [1.807, 2.05) is 12.2 Å². The number of rotatable bonds is 19. The van der Waals surface area contributed by atoms with Crippen LogP contribution in [0.3, 0.4) is 0 Å². The maximum Gasteiger partial charge on any atom is 1.00 e. The van der Waals surface area contributed by atoms with Crippen LogP contribution < -0.4 is 29.6 Å². The van der Waals surface area contributed by atoms with E-state index < -0.39 is 22.0 Å². The molecule has 0 aromatic rings. The Kier molecular flexibility index (Phi) is 18.8. The van der Waals surface area contributed by atoms with Crippen LogP contribution in [0.15, 0.2) is 12.2 Å². The van der Waals surface area contributed by atoms with Crippen LogP contribution in [0, 0.1) is 0 Å². The zero-order valence-electron chi connectivity index (χ0n) is 20.6. The van der Waals surface area contributed by atoms with Gasteiger partial charge in [0.25, 0.3) is 0 Å². The molecule has 10 heteroatoms. The maximum atomic E-state index is 12.8. The average Bonchev–Trinajstić information content (AvgIpc) is 3.09. The number of amidine groups is 1. The molecule has 2 N–H and O–H groups in total. The van der Waals surface area contributed by atoms with Crippen LogP contribution in [0.2, 0.25) is 0 Å². The quantitative estimate of drug-likeness (QED) is 0.0776. The van der Waals surface area contributed by atoms with Crippen LogP contribution in [0.25, 0.3) is 0 Å². The Morgan fingerprint density at radius 2 is 1.73 bits per heavy atom. The fourth-order valence-corrected chi connectivity index (χ4v) is 4.61. The van der Waals surface area contributed by atoms with Crippen molar-refractivity contribution in [3.63, 3.8) is 0 Å². The summed E-state index contributed by atoms with van der Waals surface area (Å²) < 4.78 is 34.2. The molecule has 0 spiro atoms. The Bertz CT molecular complexity index is 712. The summed E-state index contributed by atoms with van der Waals surface area (Å²) in [5.74, 6) is -0.658. The Hall–Kier alpha value is -0.290. The molecule has 1 unspecified atom stereocenters. The van der Waals surface area contributed by atoms with Gasteiger partial charge in [-0.2, -0.15) is 0 Å². The molecule has 0 amide bonds. The molecule has 0 radical (unpaired) electrons. The van der Waals surface area contributed by atoms with E-state index in [4.69, 9.17) is 0 Å². The summed E-state index contributed by atoms with van der Waals surface area (Å²) >= 11 is 0. The minimum absolute atomic E-state index is 0. The fourth-order valence-electron chi connectivity index (χ4n) is 4.04. The summed E-state index contributed by atoms with van der Waals surface area (Å²) in [5.41, 5.74) is 0. The molecular formula is C23H42N2NaO6S+. The van der Waals surface area contributed by atoms with Gasteiger partial charge in [0, 0.05) is 6.42 Å². The zero-order chi connectivity index (χ0) is 23.8. The molecule has 0 aromatic carbocycles. The van der Waals surface area contributed by atoms with Crippen molar-refractivity contribution in [1.82, 2.24) is 4.90 Å². The maximum absolute atomic E-state index is 12.8. The first-order valence-corrected chi connectivity index (χ1v) is 13.6. The van der Waals surface area contributed by atoms with Crippen molar-refractivity contribution < 1.29 is 62.1 Å². The Balaban J connectivity index is 0.0000102. The number of hydrogen-bond donors (Lipinski definition) is 2. The molecule has 0 saturated heterocycles. The van der Waals surface area contributed by atoms with Gasteiger partial charge in [0.15, 0.2) is 0 Å². The first kappa shape index (κ1) is 32.7. The number of ketones is 1. The van der Waals surface area contributed by atoms with Crippen LogP contribution in [-0.2, 0) is 14.9 Å². The number of Topliss-reactive ketones (excluding diaryl/α,β-unsaturated/α-hetero) is 1. The van der Waals surface area contributed by atoms with Crippen LogP contribution >= 0.6 is 0 Å². The number of allylic oxidation sites excluding steroid dienone is 2. The number of carbonyl (C=O) groups excluding carboxylic acids is 1. The summed E-state index contributed by atoms with van der Waals surface area (Å²) in [6.45, 7) is 3.23. The van der Waals surface area contributed by atoms with Gasteiger partial charge in [-0.15, -0.1) is 0 Å². The minimum Gasteiger partial charge on any atom is -0.748 e. The third-order valence-corrected chi connectivity index (χ3v) is 6.42. The largest absolute Gasteiger partial charge is 1.00 e. The van der Waals surface area contributed by atoms with Crippen LogP contribution in [0.5, 0.6) is 0 Å². The van der Waals surface area contributed by atoms with E-state index in [9.17, 15) is 28.0 Å². The molecule has 1 aliphatic rings. The van der Waals surface area contributed by atoms with Gasteiger partial charge in [-0.1, -0.05) is 70.4 Å². The predicted octanol–water partition coefficient (Wildman–Crippen LogP) is -0.948. The van der Waals surface area contributed by atoms with Gasteiger partial charge in [-0.25, -0.2) is 8.42 Å². The number of nitrogens with zero attached hydrogens (tertiary/aromatic N) is 2. The van der Waals surface area contributed by atoms with E-state index in [2.05, 4.69) is 6.92 Å². The van der Waals surface area contributed by atoms with Crippen LogP contribution in [-0.4, -0.2) is 88.9 Å². The average molecular weight is 498 g/mol. The second kappa shape index (κ2) is 19.0. The molecule has 8 nitrogen and oxygen atoms in total. The summed E-state index contributed by atoms with van der Waals surface area (Å²) in [6.07, 6.45) is 15.1. The number of aliphatic hydroxyl groups excluding tert-OH is 2. The normalized spacial score (nSPS) is 15.3. The van der Waals surface area contributed by atoms with Gasteiger partial charge in [0.1, 0.15) is 32.3 Å². The van der Waals surface area contributed by atoms with Gasteiger partial charge < -0.3 is 14.8 Å². The molecule has 186 valence electrons. The van der Waals surface area contributed by atoms with Gasteiger partial charge in [0.2, 0.25) is 5.78 Å². The van der Waals surface area contributed by atoms with E-state index in [1.54, 1.807) is 9.48 Å². The second-order valence-corrected chi connectivity index (χ2v) is 10.0. The number of β-amino-alcohol motifs (C(OH)–C–C–N with tert-alkyl or cyclic N) is 2. The Labute approximate surface area is 222 Å². The second-order valence-electron chi connectivity index (χ2n) is 8.57. The van der Waals surface area contributed by atoms with E-state index in [0.717, 1.165) is 12.8 Å². The summed E-state index contributed by atoms with van der Waals surface area (Å²) in [4.78, 5) is 14.5. The third kappa shape index (κ3) is 15.3. The van der Waals surface area contributed by atoms with Crippen molar-refractivity contribution >= 4 is 21.7 Å². The van der Waals surface area contributed by atoms with Gasteiger partial charge in [0.05, 0.1) is 22.5 Å². The molecule has 0 saturated carbocycles. The number of aliphatic hydroxyl groups is 2. The van der Waals surface area contributed by atoms with Crippen LogP contribution in [0.1, 0.15) is 77.6 Å². The molecule has 0 aliphatic carbocycles. The number of unbranched alkanes of at least 4 members (excludes halogenated alkanes) is 9. The van der Waals surface area contributed by atoms with Crippen LogP contribution in [0.4, 0.5) is 0 Å². The van der Waals surface area contributed by atoms with Crippen molar-refractivity contribution in [3.05, 3.63) is 12.2 Å². The molecule has 1 rings (SSSR count). The minimum atomic E-state index is -4.55. The zero-order valence-corrected chi connectivity index (χ0v) is 23.4. The van der Waals surface area contributed by atoms with Crippen molar-refractivity contribution in [2.45, 2.75) is 83.7 Å². The first-order chi connectivity index (χ1) is 15.3. The van der Waals surface area contributed by atoms with E-state index >= 15 is 0 Å². The number of carbonyl (C=O) groups is 1. The molecular weight excluding hydrogens is 455 g/mol. The topological polar surface area (TPSA) is 121 Å². The molecule has 0 fully saturated rings. The van der Waals surface area contributed by atoms with Crippen molar-refractivity contribution in [2.24, 2.45) is 0 Å². The van der Waals surface area contributed by atoms with Crippen molar-refractivity contribution in [3.8, 4) is 0 Å². The van der Waals surface area contributed by atoms with E-state index in [-0.39, 0.29) is 61.5 Å². The Morgan fingerprint density at radius 3 is 2.30 bits per heavy atom. The smallest absolute Gasteiger partial charge is 0.748 e. The third-order valence-electron chi connectivity index (χ3n) is 5.63. The standard InChI is InChI=1S/C23H42N2O6S.Na/c1-2-3-4-5-6-7-8-9-10-11-12-13-14-22(28)23-24(17-18-26)15-16-25(23)19-21(27)20-32(29,30)31;/h12-13,21,26-27H,2-11,14-20H2,1H3;/q;+1/b13-12+;. The SMILES string of the molecule is CCCCCCCCCCC/C=C/CC(=O)C1=[N+](CC(O)CS(=O)(=O)[O-])CCN1CCO.[Na+]. The first-order valence-electron chi connectivity index (χ1n) is 12.1. The summed E-state index contributed by atoms with van der Waals surface area (Å²) in [5, 5.41) is 19.2. The monoisotopic (exact) mass is 497 g/mol. The van der Waals surface area contributed by atoms with Gasteiger partial charge in [-0.3, -0.25) is 14.3 Å². The molecule has 1 aliphatic heterocycles. The number of hydrogen-bond acceptors (Lipinski definition) is 7. The van der Waals surface area contributed by atoms with Gasteiger partial charge >= 0.3 is 35.4 Å². The van der Waals surface area contributed by atoms with Crippen molar-refractivity contribution in [2.75, 3.05) is 38.5 Å². The molecule has 1 heterocycles.